The first-order valence-electron chi connectivity index (χ1n) is 10.1. The van der Waals surface area contributed by atoms with E-state index in [1.54, 1.807) is 19.1 Å². The highest BCUT2D eigenvalue weighted by molar-refractivity contribution is 6.03. The van der Waals surface area contributed by atoms with Crippen LogP contribution in [0, 0.1) is 12.7 Å². The van der Waals surface area contributed by atoms with Gasteiger partial charge in [0, 0.05) is 23.7 Å². The van der Waals surface area contributed by atoms with E-state index in [9.17, 15) is 19.4 Å². The van der Waals surface area contributed by atoms with Crippen LogP contribution in [0.5, 0.6) is 11.5 Å². The summed E-state index contributed by atoms with van der Waals surface area (Å²) in [6.07, 6.45) is 0. The number of aromatic nitrogens is 1. The summed E-state index contributed by atoms with van der Waals surface area (Å²) in [6.45, 7) is 4.13. The summed E-state index contributed by atoms with van der Waals surface area (Å²) >= 11 is 0. The molecular weight excluding hydrogens is 411 g/mol. The average Bonchev–Trinajstić information content (AvgIpc) is 3.20. The number of nitrogens with zero attached hydrogens (tertiary/aromatic N) is 1. The van der Waals surface area contributed by atoms with Crippen molar-refractivity contribution in [2.75, 3.05) is 6.54 Å². The third-order valence-electron chi connectivity index (χ3n) is 5.11. The van der Waals surface area contributed by atoms with Gasteiger partial charge in [0.2, 0.25) is 0 Å². The van der Waals surface area contributed by atoms with E-state index in [0.29, 0.717) is 17.7 Å². The van der Waals surface area contributed by atoms with Gasteiger partial charge in [0.25, 0.3) is 5.91 Å². The highest BCUT2D eigenvalue weighted by Crippen LogP contribution is 2.44. The monoisotopic (exact) mass is 432 g/mol. The summed E-state index contributed by atoms with van der Waals surface area (Å²) in [5, 5.41) is 27.7. The van der Waals surface area contributed by atoms with Crippen molar-refractivity contribution in [3.63, 3.8) is 0 Å². The number of halogens is 1. The van der Waals surface area contributed by atoms with Crippen LogP contribution < -0.4 is 5.32 Å². The summed E-state index contributed by atoms with van der Waals surface area (Å²) in [7, 11) is 0. The van der Waals surface area contributed by atoms with E-state index < -0.39 is 11.7 Å². The third kappa shape index (κ3) is 3.80. The Bertz CT molecular complexity index is 1300. The normalized spacial score (nSPS) is 10.8. The summed E-state index contributed by atoms with van der Waals surface area (Å²) in [5.41, 5.74) is 2.63. The Morgan fingerprint density at radius 2 is 1.69 bits per heavy atom. The Morgan fingerprint density at radius 1 is 1.00 bits per heavy atom. The second kappa shape index (κ2) is 8.55. The highest BCUT2D eigenvalue weighted by atomic mass is 19.1. The first kappa shape index (κ1) is 21.1. The molecule has 0 radical (unpaired) electrons. The molecule has 1 aromatic heterocycles. The van der Waals surface area contributed by atoms with Crippen LogP contribution in [0.1, 0.15) is 23.0 Å². The lowest BCUT2D eigenvalue weighted by Crippen LogP contribution is -2.23. The molecule has 0 spiro atoms. The minimum atomic E-state index is -0.529. The Balaban J connectivity index is 1.96. The van der Waals surface area contributed by atoms with Gasteiger partial charge in [0.15, 0.2) is 11.5 Å². The van der Waals surface area contributed by atoms with Crippen molar-refractivity contribution >= 4 is 5.91 Å². The molecule has 7 heteroatoms. The van der Waals surface area contributed by atoms with Crippen LogP contribution in [-0.2, 0) is 0 Å². The Morgan fingerprint density at radius 3 is 2.38 bits per heavy atom. The van der Waals surface area contributed by atoms with E-state index in [1.165, 1.54) is 18.2 Å². The molecule has 162 valence electrons. The van der Waals surface area contributed by atoms with Gasteiger partial charge in [0.1, 0.15) is 17.3 Å². The van der Waals surface area contributed by atoms with Crippen LogP contribution in [0.25, 0.3) is 33.6 Å². The number of carbonyl (C=O) groups excluding carboxylic acids is 1. The van der Waals surface area contributed by atoms with Crippen LogP contribution in [0.4, 0.5) is 4.39 Å². The van der Waals surface area contributed by atoms with Gasteiger partial charge in [-0.25, -0.2) is 4.39 Å². The summed E-state index contributed by atoms with van der Waals surface area (Å²) in [6, 6.07) is 15.9. The number of hydrogen-bond donors (Lipinski definition) is 3. The minimum Gasteiger partial charge on any atom is -0.507 e. The van der Waals surface area contributed by atoms with Gasteiger partial charge in [-0.05, 0) is 31.5 Å². The van der Waals surface area contributed by atoms with Crippen LogP contribution in [-0.4, -0.2) is 27.8 Å². The molecule has 3 N–H and O–H groups in total. The molecule has 0 aliphatic carbocycles. The van der Waals surface area contributed by atoms with Gasteiger partial charge in [0.05, 0.1) is 11.1 Å². The van der Waals surface area contributed by atoms with Crippen LogP contribution in [0.2, 0.25) is 0 Å². The van der Waals surface area contributed by atoms with E-state index in [4.69, 9.17) is 4.52 Å². The number of rotatable bonds is 5. The van der Waals surface area contributed by atoms with Crippen LogP contribution in [0.3, 0.4) is 0 Å². The van der Waals surface area contributed by atoms with Crippen molar-refractivity contribution in [1.82, 2.24) is 10.5 Å². The highest BCUT2D eigenvalue weighted by Gasteiger charge is 2.27. The zero-order chi connectivity index (χ0) is 22.8. The maximum Gasteiger partial charge on any atom is 0.274 e. The molecule has 1 amide bonds. The maximum absolute atomic E-state index is 14.4. The predicted octanol–water partition coefficient (Wildman–Crippen LogP) is 5.28. The van der Waals surface area contributed by atoms with Gasteiger partial charge in [-0.3, -0.25) is 4.79 Å². The second-order valence-corrected chi connectivity index (χ2v) is 7.33. The molecule has 1 heterocycles. The van der Waals surface area contributed by atoms with Gasteiger partial charge in [-0.1, -0.05) is 53.2 Å². The fraction of sp³-hybridized carbons (Fsp3) is 0.120. The van der Waals surface area contributed by atoms with Crippen molar-refractivity contribution in [1.29, 1.82) is 0 Å². The minimum absolute atomic E-state index is 0.0608. The molecule has 0 atom stereocenters. The molecule has 0 saturated carbocycles. The molecule has 0 unspecified atom stereocenters. The van der Waals surface area contributed by atoms with Crippen molar-refractivity contribution in [2.24, 2.45) is 0 Å². The van der Waals surface area contributed by atoms with E-state index in [-0.39, 0.29) is 39.6 Å². The molecule has 0 aliphatic rings. The van der Waals surface area contributed by atoms with E-state index in [2.05, 4.69) is 10.5 Å². The zero-order valence-corrected chi connectivity index (χ0v) is 17.5. The molecule has 32 heavy (non-hydrogen) atoms. The summed E-state index contributed by atoms with van der Waals surface area (Å²) in [5.74, 6) is -1.42. The van der Waals surface area contributed by atoms with E-state index in [0.717, 1.165) is 11.6 Å². The lowest BCUT2D eigenvalue weighted by molar-refractivity contribution is 0.0947. The number of carbonyl (C=O) groups is 1. The standard InChI is InChI=1S/C25H21FN2O4/c1-3-27-25(31)23-22(15-10-8-14(2)9-11-15)24(32-28-23)18-12-17(20(29)13-21(18)30)16-6-4-5-7-19(16)26/h4-13,29-30H,3H2,1-2H3,(H,27,31). The number of phenols is 2. The van der Waals surface area contributed by atoms with Crippen molar-refractivity contribution in [3.8, 4) is 45.1 Å². The number of nitrogens with one attached hydrogen (secondary N) is 1. The number of hydrogen-bond acceptors (Lipinski definition) is 5. The van der Waals surface area contributed by atoms with Gasteiger partial charge in [-0.15, -0.1) is 0 Å². The van der Waals surface area contributed by atoms with Crippen molar-refractivity contribution in [3.05, 3.63) is 77.7 Å². The molecule has 0 saturated heterocycles. The largest absolute Gasteiger partial charge is 0.507 e. The first-order chi connectivity index (χ1) is 15.4. The lowest BCUT2D eigenvalue weighted by atomic mass is 9.95. The van der Waals surface area contributed by atoms with E-state index >= 15 is 0 Å². The molecule has 4 rings (SSSR count). The second-order valence-electron chi connectivity index (χ2n) is 7.33. The van der Waals surface area contributed by atoms with Gasteiger partial charge >= 0.3 is 0 Å². The number of aryl methyl sites for hydroxylation is 1. The number of phenolic OH excluding ortho intramolecular Hbond substituents is 2. The Kier molecular flexibility index (Phi) is 5.64. The summed E-state index contributed by atoms with van der Waals surface area (Å²) in [4.78, 5) is 12.6. The first-order valence-corrected chi connectivity index (χ1v) is 10.1. The smallest absolute Gasteiger partial charge is 0.274 e. The van der Waals surface area contributed by atoms with Crippen LogP contribution >= 0.6 is 0 Å². The lowest BCUT2D eigenvalue weighted by Gasteiger charge is -2.11. The van der Waals surface area contributed by atoms with Crippen molar-refractivity contribution < 1.29 is 23.9 Å². The SMILES string of the molecule is CCNC(=O)c1noc(-c2cc(-c3ccccc3F)c(O)cc2O)c1-c1ccc(C)cc1. The molecular formula is C25H21FN2O4. The molecule has 6 nitrogen and oxygen atoms in total. The zero-order valence-electron chi connectivity index (χ0n) is 17.5. The average molecular weight is 432 g/mol. The fourth-order valence-corrected chi connectivity index (χ4v) is 3.52. The molecule has 0 aliphatic heterocycles. The number of benzene rings is 3. The fourth-order valence-electron chi connectivity index (χ4n) is 3.52. The predicted molar refractivity (Wildman–Crippen MR) is 119 cm³/mol. The maximum atomic E-state index is 14.4. The van der Waals surface area contributed by atoms with Gasteiger partial charge < -0.3 is 20.1 Å². The molecule has 0 fully saturated rings. The number of aromatic hydroxyl groups is 2. The molecule has 3 aromatic carbocycles. The topological polar surface area (TPSA) is 95.6 Å². The molecule has 4 aromatic rings. The quantitative estimate of drug-likeness (QED) is 0.399. The van der Waals surface area contributed by atoms with E-state index in [1.807, 2.05) is 31.2 Å². The van der Waals surface area contributed by atoms with Gasteiger partial charge in [-0.2, -0.15) is 0 Å². The Labute approximate surface area is 183 Å². The summed E-state index contributed by atoms with van der Waals surface area (Å²) < 4.78 is 19.9. The van der Waals surface area contributed by atoms with Crippen LogP contribution in [0.15, 0.2) is 65.2 Å². The third-order valence-corrected chi connectivity index (χ3v) is 5.11. The number of amides is 1. The molecule has 0 bridgehead atoms. The van der Waals surface area contributed by atoms with Crippen molar-refractivity contribution in [2.45, 2.75) is 13.8 Å². The Hall–Kier alpha value is -4.13.